The van der Waals surface area contributed by atoms with Crippen molar-refractivity contribution in [2.75, 3.05) is 17.9 Å². The van der Waals surface area contributed by atoms with Gasteiger partial charge in [-0.15, -0.1) is 24.9 Å². The molecule has 3 rings (SSSR count). The number of benzene rings is 2. The maximum Gasteiger partial charge on any atom is 0.573 e. The van der Waals surface area contributed by atoms with E-state index < -0.39 is 6.36 Å². The first kappa shape index (κ1) is 18.2. The third kappa shape index (κ3) is 5.22. The monoisotopic (exact) mass is 385 g/mol. The van der Waals surface area contributed by atoms with E-state index in [9.17, 15) is 18.0 Å². The molecule has 1 heterocycles. The van der Waals surface area contributed by atoms with Crippen LogP contribution in [-0.4, -0.2) is 24.8 Å². The van der Waals surface area contributed by atoms with Crippen molar-refractivity contribution in [1.82, 2.24) is 0 Å². The second kappa shape index (κ2) is 7.77. The van der Waals surface area contributed by atoms with Gasteiger partial charge in [-0.05, 0) is 42.0 Å². The lowest BCUT2D eigenvalue weighted by atomic mass is 10.2. The number of hydrogen-bond donors (Lipinski definition) is 1. The van der Waals surface area contributed by atoms with Crippen LogP contribution in [0.3, 0.4) is 0 Å². The summed E-state index contributed by atoms with van der Waals surface area (Å²) >= 11 is 1.41. The van der Waals surface area contributed by atoms with Gasteiger partial charge in [0.05, 0.1) is 5.75 Å². The topological polar surface area (TPSA) is 56.8 Å². The van der Waals surface area contributed by atoms with Crippen LogP contribution >= 0.6 is 11.8 Å². The number of thioether (sulfide) groups is 1. The molecule has 2 aromatic rings. The molecule has 0 radical (unpaired) electrons. The van der Waals surface area contributed by atoms with Gasteiger partial charge in [-0.2, -0.15) is 0 Å². The van der Waals surface area contributed by atoms with E-state index in [1.54, 1.807) is 0 Å². The molecule has 0 aromatic heterocycles. The Hall–Kier alpha value is -2.55. The van der Waals surface area contributed by atoms with Crippen molar-refractivity contribution in [3.63, 3.8) is 0 Å². The van der Waals surface area contributed by atoms with Gasteiger partial charge >= 0.3 is 6.36 Å². The van der Waals surface area contributed by atoms with Crippen LogP contribution in [0.1, 0.15) is 5.56 Å². The van der Waals surface area contributed by atoms with Gasteiger partial charge in [-0.25, -0.2) is 0 Å². The van der Waals surface area contributed by atoms with Crippen LogP contribution in [0, 0.1) is 0 Å². The van der Waals surface area contributed by atoms with E-state index >= 15 is 0 Å². The summed E-state index contributed by atoms with van der Waals surface area (Å²) in [5.74, 6) is 1.62. The fourth-order valence-electron chi connectivity index (χ4n) is 2.23. The molecule has 0 atom stereocenters. The molecule has 0 saturated carbocycles. The van der Waals surface area contributed by atoms with Crippen molar-refractivity contribution < 1.29 is 32.2 Å². The maximum atomic E-state index is 12.1. The van der Waals surface area contributed by atoms with Crippen molar-refractivity contribution in [1.29, 1.82) is 0 Å². The Labute approximate surface area is 151 Å². The molecule has 2 aromatic carbocycles. The van der Waals surface area contributed by atoms with Crippen molar-refractivity contribution >= 4 is 23.4 Å². The maximum absolute atomic E-state index is 12.1. The SMILES string of the molecule is O=C(CSCc1ccc2c(c1)OCO2)Nc1ccc(OC(F)(F)F)cc1. The molecule has 0 spiro atoms. The van der Waals surface area contributed by atoms with Gasteiger partial charge in [-0.3, -0.25) is 4.79 Å². The standard InChI is InChI=1S/C17H14F3NO4S/c18-17(19,20)25-13-4-2-12(3-5-13)21-16(22)9-26-8-11-1-6-14-15(7-11)24-10-23-14/h1-7H,8-10H2,(H,21,22). The Bertz CT molecular complexity index is 781. The number of alkyl halides is 3. The van der Waals surface area contributed by atoms with Gasteiger partial charge in [0.1, 0.15) is 5.75 Å². The van der Waals surface area contributed by atoms with Crippen molar-refractivity contribution in [2.45, 2.75) is 12.1 Å². The first-order valence-electron chi connectivity index (χ1n) is 7.51. The quantitative estimate of drug-likeness (QED) is 0.808. The van der Waals surface area contributed by atoms with Crippen LogP contribution in [-0.2, 0) is 10.5 Å². The third-order valence-electron chi connectivity index (χ3n) is 3.31. The Kier molecular flexibility index (Phi) is 5.46. The number of carbonyl (C=O) groups is 1. The Balaban J connectivity index is 1.44. The number of fused-ring (bicyclic) bond motifs is 1. The van der Waals surface area contributed by atoms with E-state index in [2.05, 4.69) is 10.1 Å². The number of amides is 1. The number of halogens is 3. The molecular weight excluding hydrogens is 371 g/mol. The van der Waals surface area contributed by atoms with Crippen LogP contribution < -0.4 is 19.5 Å². The first-order valence-corrected chi connectivity index (χ1v) is 8.66. The highest BCUT2D eigenvalue weighted by atomic mass is 32.2. The molecule has 0 unspecified atom stereocenters. The van der Waals surface area contributed by atoms with Crippen molar-refractivity contribution in [3.8, 4) is 17.2 Å². The summed E-state index contributed by atoms with van der Waals surface area (Å²) in [7, 11) is 0. The lowest BCUT2D eigenvalue weighted by Crippen LogP contribution is -2.17. The van der Waals surface area contributed by atoms with Gasteiger partial charge in [-0.1, -0.05) is 6.07 Å². The van der Waals surface area contributed by atoms with Gasteiger partial charge in [0.25, 0.3) is 0 Å². The molecule has 0 bridgehead atoms. The molecule has 0 aliphatic carbocycles. The van der Waals surface area contributed by atoms with Crippen LogP contribution in [0.25, 0.3) is 0 Å². The summed E-state index contributed by atoms with van der Waals surface area (Å²) in [6.07, 6.45) is -4.74. The van der Waals surface area contributed by atoms with Crippen LogP contribution in [0.4, 0.5) is 18.9 Å². The molecule has 1 N–H and O–H groups in total. The number of ether oxygens (including phenoxy) is 3. The third-order valence-corrected chi connectivity index (χ3v) is 4.31. The summed E-state index contributed by atoms with van der Waals surface area (Å²) < 4.78 is 50.6. The van der Waals surface area contributed by atoms with Crippen LogP contribution in [0.15, 0.2) is 42.5 Å². The number of hydrogen-bond acceptors (Lipinski definition) is 5. The van der Waals surface area contributed by atoms with E-state index in [0.29, 0.717) is 22.9 Å². The van der Waals surface area contributed by atoms with Crippen molar-refractivity contribution in [3.05, 3.63) is 48.0 Å². The molecule has 9 heteroatoms. The molecule has 138 valence electrons. The van der Waals surface area contributed by atoms with Gasteiger partial charge in [0, 0.05) is 11.4 Å². The van der Waals surface area contributed by atoms with Crippen LogP contribution in [0.5, 0.6) is 17.2 Å². The molecular formula is C17H14F3NO4S. The van der Waals surface area contributed by atoms with E-state index in [-0.39, 0.29) is 24.2 Å². The highest BCUT2D eigenvalue weighted by molar-refractivity contribution is 7.99. The molecule has 1 amide bonds. The Morgan fingerprint density at radius 1 is 1.12 bits per heavy atom. The largest absolute Gasteiger partial charge is 0.573 e. The zero-order valence-electron chi connectivity index (χ0n) is 13.3. The highest BCUT2D eigenvalue weighted by Gasteiger charge is 2.30. The summed E-state index contributed by atoms with van der Waals surface area (Å²) in [6.45, 7) is 0.209. The first-order chi connectivity index (χ1) is 12.4. The zero-order chi connectivity index (χ0) is 18.6. The van der Waals surface area contributed by atoms with E-state index in [0.717, 1.165) is 17.7 Å². The minimum Gasteiger partial charge on any atom is -0.454 e. The second-order valence-electron chi connectivity index (χ2n) is 5.30. The number of carbonyl (C=O) groups excluding carboxylic acids is 1. The summed E-state index contributed by atoms with van der Waals surface area (Å²) in [6, 6.07) is 10.6. The Morgan fingerprint density at radius 3 is 2.58 bits per heavy atom. The fourth-order valence-corrected chi connectivity index (χ4v) is 3.00. The van der Waals surface area contributed by atoms with Crippen molar-refractivity contribution in [2.24, 2.45) is 0 Å². The second-order valence-corrected chi connectivity index (χ2v) is 6.29. The molecule has 1 aliphatic rings. The smallest absolute Gasteiger partial charge is 0.454 e. The number of rotatable bonds is 6. The summed E-state index contributed by atoms with van der Waals surface area (Å²) in [5.41, 5.74) is 1.40. The van der Waals surface area contributed by atoms with E-state index in [1.807, 2.05) is 18.2 Å². The number of anilines is 1. The predicted octanol–water partition coefficient (Wildman–Crippen LogP) is 4.19. The van der Waals surface area contributed by atoms with E-state index in [1.165, 1.54) is 23.9 Å². The zero-order valence-corrected chi connectivity index (χ0v) is 14.2. The minimum absolute atomic E-state index is 0.204. The van der Waals surface area contributed by atoms with Crippen LogP contribution in [0.2, 0.25) is 0 Å². The Morgan fingerprint density at radius 2 is 1.85 bits per heavy atom. The molecule has 1 aliphatic heterocycles. The molecule has 0 fully saturated rings. The normalized spacial score (nSPS) is 12.7. The van der Waals surface area contributed by atoms with Gasteiger partial charge < -0.3 is 19.5 Å². The van der Waals surface area contributed by atoms with Gasteiger partial charge in [0.15, 0.2) is 11.5 Å². The lowest BCUT2D eigenvalue weighted by Gasteiger charge is -2.10. The summed E-state index contributed by atoms with van der Waals surface area (Å²) in [4.78, 5) is 11.9. The lowest BCUT2D eigenvalue weighted by molar-refractivity contribution is -0.274. The molecule has 5 nitrogen and oxygen atoms in total. The van der Waals surface area contributed by atoms with E-state index in [4.69, 9.17) is 9.47 Å². The predicted molar refractivity (Wildman–Crippen MR) is 90.5 cm³/mol. The number of nitrogens with one attached hydrogen (secondary N) is 1. The molecule has 26 heavy (non-hydrogen) atoms. The minimum atomic E-state index is -4.74. The van der Waals surface area contributed by atoms with Gasteiger partial charge in [0.2, 0.25) is 12.7 Å². The average Bonchev–Trinajstić information content (AvgIpc) is 3.03. The average molecular weight is 385 g/mol. The highest BCUT2D eigenvalue weighted by Crippen LogP contribution is 2.33. The molecule has 0 saturated heterocycles. The summed E-state index contributed by atoms with van der Waals surface area (Å²) in [5, 5.41) is 2.62. The fraction of sp³-hybridized carbons (Fsp3) is 0.235.